The number of anilines is 1. The molecular weight excluding hydrogens is 398 g/mol. The first-order chi connectivity index (χ1) is 13.4. The Kier molecular flexibility index (Phi) is 8.02. The van der Waals surface area contributed by atoms with Gasteiger partial charge in [-0.1, -0.05) is 44.4 Å². The van der Waals surface area contributed by atoms with Crippen LogP contribution in [0.4, 0.5) is 5.69 Å². The van der Waals surface area contributed by atoms with Gasteiger partial charge in [-0.05, 0) is 55.3 Å². The fourth-order valence-corrected chi connectivity index (χ4v) is 3.77. The summed E-state index contributed by atoms with van der Waals surface area (Å²) in [6.07, 6.45) is 3.51. The van der Waals surface area contributed by atoms with E-state index in [4.69, 9.17) is 11.6 Å². The van der Waals surface area contributed by atoms with Crippen molar-refractivity contribution in [3.05, 3.63) is 59.1 Å². The highest BCUT2D eigenvalue weighted by Gasteiger charge is 2.16. The van der Waals surface area contributed by atoms with E-state index in [1.807, 2.05) is 0 Å². The number of hydrogen-bond acceptors (Lipinski definition) is 4. The number of carbonyl (C=O) groups excluding carboxylic acids is 1. The van der Waals surface area contributed by atoms with E-state index in [0.717, 1.165) is 31.4 Å². The Hall–Kier alpha value is -2.38. The van der Waals surface area contributed by atoms with Crippen molar-refractivity contribution in [2.45, 2.75) is 44.4 Å². The molecule has 2 aromatic carbocycles. The minimum atomic E-state index is -3.84. The number of hydrazone groups is 1. The van der Waals surface area contributed by atoms with E-state index in [1.165, 1.54) is 18.2 Å². The Morgan fingerprint density at radius 3 is 2.29 bits per heavy atom. The maximum atomic E-state index is 12.6. The second-order valence-electron chi connectivity index (χ2n) is 6.26. The van der Waals surface area contributed by atoms with Crippen molar-refractivity contribution in [2.75, 3.05) is 4.72 Å². The predicted molar refractivity (Wildman–Crippen MR) is 113 cm³/mol. The highest BCUT2D eigenvalue weighted by molar-refractivity contribution is 7.92. The third-order valence-corrected chi connectivity index (χ3v) is 5.53. The zero-order valence-corrected chi connectivity index (χ0v) is 17.5. The lowest BCUT2D eigenvalue weighted by Gasteiger charge is -2.09. The molecule has 0 atom stereocenters. The summed E-state index contributed by atoms with van der Waals surface area (Å²) in [6.45, 7) is 4.10. The van der Waals surface area contributed by atoms with Crippen molar-refractivity contribution < 1.29 is 13.2 Å². The van der Waals surface area contributed by atoms with Gasteiger partial charge >= 0.3 is 0 Å². The maximum absolute atomic E-state index is 12.6. The van der Waals surface area contributed by atoms with Crippen LogP contribution in [-0.4, -0.2) is 20.0 Å². The summed E-state index contributed by atoms with van der Waals surface area (Å²) < 4.78 is 27.7. The summed E-state index contributed by atoms with van der Waals surface area (Å²) >= 11 is 5.81. The summed E-state index contributed by atoms with van der Waals surface area (Å²) in [7, 11) is -3.84. The lowest BCUT2D eigenvalue weighted by Crippen LogP contribution is -2.20. The highest BCUT2D eigenvalue weighted by Crippen LogP contribution is 2.19. The maximum Gasteiger partial charge on any atom is 0.271 e. The Bertz CT molecular complexity index is 933. The van der Waals surface area contributed by atoms with E-state index >= 15 is 0 Å². The van der Waals surface area contributed by atoms with Gasteiger partial charge in [0.1, 0.15) is 0 Å². The third kappa shape index (κ3) is 6.35. The first kappa shape index (κ1) is 21.9. The quantitative estimate of drug-likeness (QED) is 0.449. The van der Waals surface area contributed by atoms with Crippen LogP contribution in [0.2, 0.25) is 5.02 Å². The largest absolute Gasteiger partial charge is 0.280 e. The van der Waals surface area contributed by atoms with Crippen LogP contribution in [0, 0.1) is 0 Å². The van der Waals surface area contributed by atoms with Crippen LogP contribution in [0.25, 0.3) is 0 Å². The van der Waals surface area contributed by atoms with Gasteiger partial charge in [-0.3, -0.25) is 9.52 Å². The number of halogens is 1. The second-order valence-corrected chi connectivity index (χ2v) is 8.38. The number of carbonyl (C=O) groups is 1. The average Bonchev–Trinajstić information content (AvgIpc) is 2.68. The van der Waals surface area contributed by atoms with Crippen molar-refractivity contribution in [2.24, 2.45) is 5.10 Å². The number of benzene rings is 2. The van der Waals surface area contributed by atoms with Gasteiger partial charge in [0, 0.05) is 22.0 Å². The monoisotopic (exact) mass is 421 g/mol. The van der Waals surface area contributed by atoms with E-state index < -0.39 is 15.9 Å². The third-order valence-electron chi connectivity index (χ3n) is 3.90. The molecular formula is C20H24ClN3O3S. The van der Waals surface area contributed by atoms with Gasteiger partial charge in [-0.2, -0.15) is 5.10 Å². The van der Waals surface area contributed by atoms with Gasteiger partial charge in [0.2, 0.25) is 0 Å². The van der Waals surface area contributed by atoms with Gasteiger partial charge in [0.25, 0.3) is 15.9 Å². The SMILES string of the molecule is CCCC(CCC)=NNC(=O)c1cccc(S(=O)(=O)Nc2ccc(Cl)cc2)c1. The van der Waals surface area contributed by atoms with Crippen molar-refractivity contribution in [1.82, 2.24) is 5.43 Å². The van der Waals surface area contributed by atoms with Crippen LogP contribution in [0.3, 0.4) is 0 Å². The number of sulfonamides is 1. The molecule has 0 unspecified atom stereocenters. The van der Waals surface area contributed by atoms with Crippen molar-refractivity contribution in [3.63, 3.8) is 0 Å². The molecule has 0 heterocycles. The Balaban J connectivity index is 2.16. The van der Waals surface area contributed by atoms with Crippen molar-refractivity contribution >= 4 is 38.9 Å². The molecule has 0 fully saturated rings. The molecule has 2 aromatic rings. The van der Waals surface area contributed by atoms with Crippen LogP contribution in [0.15, 0.2) is 58.5 Å². The van der Waals surface area contributed by atoms with E-state index in [1.54, 1.807) is 30.3 Å². The molecule has 2 rings (SSSR count). The summed E-state index contributed by atoms with van der Waals surface area (Å²) in [5, 5.41) is 4.69. The summed E-state index contributed by atoms with van der Waals surface area (Å²) in [5.74, 6) is -0.451. The van der Waals surface area contributed by atoms with Gasteiger partial charge in [-0.25, -0.2) is 13.8 Å². The molecule has 8 heteroatoms. The molecule has 0 aliphatic rings. The predicted octanol–water partition coefficient (Wildman–Crippen LogP) is 4.83. The number of hydrogen-bond donors (Lipinski definition) is 2. The molecule has 0 saturated carbocycles. The summed E-state index contributed by atoms with van der Waals surface area (Å²) in [5.41, 5.74) is 4.04. The molecule has 150 valence electrons. The van der Waals surface area contributed by atoms with Crippen molar-refractivity contribution in [3.8, 4) is 0 Å². The van der Waals surface area contributed by atoms with E-state index in [-0.39, 0.29) is 10.5 Å². The van der Waals surface area contributed by atoms with Crippen LogP contribution in [0.5, 0.6) is 0 Å². The smallest absolute Gasteiger partial charge is 0.271 e. The van der Waals surface area contributed by atoms with Gasteiger partial charge in [0.05, 0.1) is 4.90 Å². The molecule has 0 radical (unpaired) electrons. The highest BCUT2D eigenvalue weighted by atomic mass is 35.5. The number of rotatable bonds is 9. The standard InChI is InChI=1S/C20H24ClN3O3S/c1-3-6-17(7-4-2)22-23-20(25)15-8-5-9-19(14-15)28(26,27)24-18-12-10-16(21)11-13-18/h5,8-14,24H,3-4,6-7H2,1-2H3,(H,23,25). The first-order valence-electron chi connectivity index (χ1n) is 9.10. The molecule has 0 bridgehead atoms. The van der Waals surface area contributed by atoms with Gasteiger partial charge in [-0.15, -0.1) is 0 Å². The first-order valence-corrected chi connectivity index (χ1v) is 11.0. The van der Waals surface area contributed by atoms with E-state index in [2.05, 4.69) is 29.1 Å². The number of nitrogens with zero attached hydrogens (tertiary/aromatic N) is 1. The minimum absolute atomic E-state index is 0.0126. The average molecular weight is 422 g/mol. The van der Waals surface area contributed by atoms with Crippen LogP contribution < -0.4 is 10.1 Å². The molecule has 2 N–H and O–H groups in total. The van der Waals surface area contributed by atoms with Gasteiger partial charge < -0.3 is 0 Å². The molecule has 0 aromatic heterocycles. The second kappa shape index (κ2) is 10.2. The molecule has 28 heavy (non-hydrogen) atoms. The molecule has 0 saturated heterocycles. The van der Waals surface area contributed by atoms with E-state index in [0.29, 0.717) is 10.7 Å². The number of amides is 1. The van der Waals surface area contributed by atoms with E-state index in [9.17, 15) is 13.2 Å². The fraction of sp³-hybridized carbons (Fsp3) is 0.300. The number of nitrogens with one attached hydrogen (secondary N) is 2. The lowest BCUT2D eigenvalue weighted by molar-refractivity contribution is 0.0954. The fourth-order valence-electron chi connectivity index (χ4n) is 2.54. The zero-order valence-electron chi connectivity index (χ0n) is 15.9. The molecule has 0 aliphatic heterocycles. The molecule has 0 spiro atoms. The molecule has 1 amide bonds. The lowest BCUT2D eigenvalue weighted by atomic mass is 10.1. The zero-order chi connectivity index (χ0) is 20.6. The van der Waals surface area contributed by atoms with Gasteiger partial charge in [0.15, 0.2) is 0 Å². The van der Waals surface area contributed by atoms with Crippen LogP contribution >= 0.6 is 11.6 Å². The molecule has 6 nitrogen and oxygen atoms in total. The minimum Gasteiger partial charge on any atom is -0.280 e. The van der Waals surface area contributed by atoms with Crippen molar-refractivity contribution in [1.29, 1.82) is 0 Å². The molecule has 0 aliphatic carbocycles. The topological polar surface area (TPSA) is 87.6 Å². The Morgan fingerprint density at radius 2 is 1.68 bits per heavy atom. The van der Waals surface area contributed by atoms with Crippen LogP contribution in [0.1, 0.15) is 49.9 Å². The van der Waals surface area contributed by atoms with Crippen LogP contribution in [-0.2, 0) is 10.0 Å². The summed E-state index contributed by atoms with van der Waals surface area (Å²) in [4.78, 5) is 12.4. The Labute approximate surface area is 171 Å². The normalized spacial score (nSPS) is 11.0. The summed E-state index contributed by atoms with van der Waals surface area (Å²) in [6, 6.07) is 12.1. The Morgan fingerprint density at radius 1 is 1.04 bits per heavy atom.